The van der Waals surface area contributed by atoms with Crippen LogP contribution in [0.5, 0.6) is 0 Å². The first-order valence-corrected chi connectivity index (χ1v) is 8.44. The highest BCUT2D eigenvalue weighted by molar-refractivity contribution is 7.99. The Balaban J connectivity index is 1.93. The first-order chi connectivity index (χ1) is 9.63. The highest BCUT2D eigenvalue weighted by Crippen LogP contribution is 2.21. The number of anilines is 1. The van der Waals surface area contributed by atoms with E-state index in [0.717, 1.165) is 22.1 Å². The molecule has 1 N–H and O–H groups in total. The zero-order valence-corrected chi connectivity index (χ0v) is 13.6. The summed E-state index contributed by atoms with van der Waals surface area (Å²) in [5.74, 6) is 1.84. The lowest BCUT2D eigenvalue weighted by Gasteiger charge is -2.04. The molecule has 0 saturated carbocycles. The molecule has 0 amide bonds. The Bertz CT molecular complexity index is 576. The van der Waals surface area contributed by atoms with Gasteiger partial charge in [-0.05, 0) is 30.5 Å². The summed E-state index contributed by atoms with van der Waals surface area (Å²) in [4.78, 5) is 5.58. The van der Waals surface area contributed by atoms with Gasteiger partial charge in [-0.2, -0.15) is 5.10 Å². The highest BCUT2D eigenvalue weighted by Gasteiger charge is 1.98. The van der Waals surface area contributed by atoms with Gasteiger partial charge in [-0.1, -0.05) is 26.0 Å². The third kappa shape index (κ3) is 4.98. The maximum absolute atomic E-state index is 4.30. The molecule has 1 heterocycles. The van der Waals surface area contributed by atoms with Crippen molar-refractivity contribution in [3.05, 3.63) is 40.9 Å². The van der Waals surface area contributed by atoms with Crippen LogP contribution in [0.4, 0.5) is 5.13 Å². The third-order valence-electron chi connectivity index (χ3n) is 2.43. The molecule has 5 heteroatoms. The molecule has 0 fully saturated rings. The molecule has 0 aliphatic rings. The monoisotopic (exact) mass is 305 g/mol. The molecule has 0 atom stereocenters. The van der Waals surface area contributed by atoms with Gasteiger partial charge in [0.15, 0.2) is 0 Å². The summed E-state index contributed by atoms with van der Waals surface area (Å²) in [6, 6.07) is 8.42. The second-order valence-electron chi connectivity index (χ2n) is 4.94. The Hall–Kier alpha value is -1.33. The molecule has 0 spiro atoms. The molecule has 3 nitrogen and oxygen atoms in total. The predicted octanol–water partition coefficient (Wildman–Crippen LogP) is 4.65. The quantitative estimate of drug-likeness (QED) is 0.480. The van der Waals surface area contributed by atoms with Crippen molar-refractivity contribution in [2.45, 2.75) is 25.7 Å². The van der Waals surface area contributed by atoms with Crippen molar-refractivity contribution in [3.8, 4) is 0 Å². The number of aromatic nitrogens is 1. The van der Waals surface area contributed by atoms with Crippen molar-refractivity contribution in [3.63, 3.8) is 0 Å². The molecular formula is C15H19N3S2. The van der Waals surface area contributed by atoms with Crippen molar-refractivity contribution >= 4 is 34.4 Å². The zero-order chi connectivity index (χ0) is 14.4. The molecule has 0 saturated heterocycles. The molecule has 2 aromatic rings. The standard InChI is InChI=1S/C15H19N3S2/c1-11(2)9-19-14-6-4-5-13(7-14)8-16-18-15-17-12(3)10-20-15/h4-8,10-11H,9H2,1-3H3,(H,17,18). The predicted molar refractivity (Wildman–Crippen MR) is 90.1 cm³/mol. The van der Waals surface area contributed by atoms with Gasteiger partial charge >= 0.3 is 0 Å². The van der Waals surface area contributed by atoms with Gasteiger partial charge in [-0.15, -0.1) is 23.1 Å². The van der Waals surface area contributed by atoms with E-state index < -0.39 is 0 Å². The lowest BCUT2D eigenvalue weighted by atomic mass is 10.2. The van der Waals surface area contributed by atoms with Crippen molar-refractivity contribution in [2.24, 2.45) is 11.0 Å². The molecule has 0 unspecified atom stereocenters. The van der Waals surface area contributed by atoms with Crippen LogP contribution >= 0.6 is 23.1 Å². The molecule has 0 bridgehead atoms. The number of hydrazone groups is 1. The van der Waals surface area contributed by atoms with Crippen molar-refractivity contribution in [2.75, 3.05) is 11.2 Å². The van der Waals surface area contributed by atoms with E-state index in [1.165, 1.54) is 4.90 Å². The van der Waals surface area contributed by atoms with E-state index in [4.69, 9.17) is 0 Å². The van der Waals surface area contributed by atoms with Crippen molar-refractivity contribution in [1.82, 2.24) is 4.98 Å². The number of thiazole rings is 1. The van der Waals surface area contributed by atoms with Crippen LogP contribution in [0.25, 0.3) is 0 Å². The summed E-state index contributed by atoms with van der Waals surface area (Å²) >= 11 is 3.44. The minimum absolute atomic E-state index is 0.701. The first kappa shape index (κ1) is 15.1. The van der Waals surface area contributed by atoms with E-state index in [9.17, 15) is 0 Å². The lowest BCUT2D eigenvalue weighted by Crippen LogP contribution is -1.92. The topological polar surface area (TPSA) is 37.3 Å². The highest BCUT2D eigenvalue weighted by atomic mass is 32.2. The Morgan fingerprint density at radius 2 is 2.30 bits per heavy atom. The SMILES string of the molecule is Cc1csc(NN=Cc2cccc(SCC(C)C)c2)n1. The summed E-state index contributed by atoms with van der Waals surface area (Å²) in [5, 5.41) is 7.05. The number of hydrogen-bond acceptors (Lipinski definition) is 5. The number of hydrogen-bond donors (Lipinski definition) is 1. The maximum Gasteiger partial charge on any atom is 0.203 e. The summed E-state index contributed by atoms with van der Waals surface area (Å²) in [7, 11) is 0. The van der Waals surface area contributed by atoms with Crippen LogP contribution in [0.15, 0.2) is 39.6 Å². The Kier molecular flexibility index (Phi) is 5.61. The van der Waals surface area contributed by atoms with Gasteiger partial charge in [0.1, 0.15) is 0 Å². The number of thioether (sulfide) groups is 1. The molecule has 1 aromatic carbocycles. The Morgan fingerprint density at radius 3 is 3.00 bits per heavy atom. The minimum Gasteiger partial charge on any atom is -0.253 e. The fourth-order valence-electron chi connectivity index (χ4n) is 1.51. The first-order valence-electron chi connectivity index (χ1n) is 6.57. The van der Waals surface area contributed by atoms with Crippen LogP contribution in [0, 0.1) is 12.8 Å². The molecule has 20 heavy (non-hydrogen) atoms. The number of rotatable bonds is 6. The van der Waals surface area contributed by atoms with Crippen LogP contribution in [-0.2, 0) is 0 Å². The van der Waals surface area contributed by atoms with E-state index in [1.54, 1.807) is 11.3 Å². The molecule has 106 valence electrons. The summed E-state index contributed by atoms with van der Waals surface area (Å²) in [5.41, 5.74) is 5.06. The fourth-order valence-corrected chi connectivity index (χ4v) is 3.07. The van der Waals surface area contributed by atoms with Crippen LogP contribution < -0.4 is 5.43 Å². The van der Waals surface area contributed by atoms with Crippen molar-refractivity contribution in [1.29, 1.82) is 0 Å². The van der Waals surface area contributed by atoms with Crippen LogP contribution in [0.3, 0.4) is 0 Å². The summed E-state index contributed by atoms with van der Waals surface area (Å²) < 4.78 is 0. The molecule has 1 aromatic heterocycles. The van der Waals surface area contributed by atoms with E-state index in [-0.39, 0.29) is 0 Å². The number of nitrogens with one attached hydrogen (secondary N) is 1. The van der Waals surface area contributed by atoms with E-state index in [2.05, 4.69) is 53.6 Å². The average Bonchev–Trinajstić information content (AvgIpc) is 2.83. The van der Waals surface area contributed by atoms with Gasteiger partial charge < -0.3 is 0 Å². The molecule has 2 rings (SSSR count). The normalized spacial score (nSPS) is 11.4. The zero-order valence-electron chi connectivity index (χ0n) is 12.0. The lowest BCUT2D eigenvalue weighted by molar-refractivity contribution is 0.750. The minimum atomic E-state index is 0.701. The van der Waals surface area contributed by atoms with Crippen LogP contribution in [-0.4, -0.2) is 17.0 Å². The average molecular weight is 305 g/mol. The molecule has 0 radical (unpaired) electrons. The summed E-state index contributed by atoms with van der Waals surface area (Å²) in [6.07, 6.45) is 1.83. The van der Waals surface area contributed by atoms with Gasteiger partial charge in [0.25, 0.3) is 0 Å². The maximum atomic E-state index is 4.30. The summed E-state index contributed by atoms with van der Waals surface area (Å²) in [6.45, 7) is 6.44. The van der Waals surface area contributed by atoms with Crippen molar-refractivity contribution < 1.29 is 0 Å². The third-order valence-corrected chi connectivity index (χ3v) is 4.72. The number of benzene rings is 1. The second-order valence-corrected chi connectivity index (χ2v) is 6.89. The number of nitrogens with zero attached hydrogens (tertiary/aromatic N) is 2. The van der Waals surface area contributed by atoms with Gasteiger partial charge in [-0.3, -0.25) is 5.43 Å². The van der Waals surface area contributed by atoms with Gasteiger partial charge in [0.05, 0.1) is 11.9 Å². The largest absolute Gasteiger partial charge is 0.253 e. The van der Waals surface area contributed by atoms with Gasteiger partial charge in [0, 0.05) is 16.0 Å². The van der Waals surface area contributed by atoms with E-state index in [1.807, 2.05) is 30.3 Å². The number of aryl methyl sites for hydroxylation is 1. The van der Waals surface area contributed by atoms with E-state index >= 15 is 0 Å². The van der Waals surface area contributed by atoms with Gasteiger partial charge in [0.2, 0.25) is 5.13 Å². The smallest absolute Gasteiger partial charge is 0.203 e. The van der Waals surface area contributed by atoms with E-state index in [0.29, 0.717) is 5.92 Å². The Labute approximate surface area is 128 Å². The fraction of sp³-hybridized carbons (Fsp3) is 0.333. The Morgan fingerprint density at radius 1 is 1.45 bits per heavy atom. The molecule has 0 aliphatic heterocycles. The van der Waals surface area contributed by atoms with Crippen LogP contribution in [0.1, 0.15) is 25.1 Å². The molecule has 0 aliphatic carbocycles. The van der Waals surface area contributed by atoms with Crippen LogP contribution in [0.2, 0.25) is 0 Å². The molecular weight excluding hydrogens is 286 g/mol. The second kappa shape index (κ2) is 7.45. The van der Waals surface area contributed by atoms with Gasteiger partial charge in [-0.25, -0.2) is 4.98 Å².